The molecular weight excluding hydrogens is 237 g/mol. The highest BCUT2D eigenvalue weighted by Crippen LogP contribution is 2.33. The quantitative estimate of drug-likeness (QED) is 0.764. The van der Waals surface area contributed by atoms with Gasteiger partial charge in [0.05, 0.1) is 18.4 Å². The van der Waals surface area contributed by atoms with Crippen molar-refractivity contribution in [3.05, 3.63) is 24.3 Å². The molecule has 0 unspecified atom stereocenters. The number of ether oxygens (including phenoxy) is 1. The molecule has 3 rings (SSSR count). The van der Waals surface area contributed by atoms with Gasteiger partial charge in [0.25, 0.3) is 0 Å². The van der Waals surface area contributed by atoms with Crippen LogP contribution in [0.1, 0.15) is 12.8 Å². The van der Waals surface area contributed by atoms with Gasteiger partial charge in [-0.05, 0) is 25.2 Å². The van der Waals surface area contributed by atoms with Gasteiger partial charge in [-0.3, -0.25) is 4.90 Å². The van der Waals surface area contributed by atoms with E-state index in [4.69, 9.17) is 4.74 Å². The second kappa shape index (κ2) is 4.20. The Labute approximate surface area is 104 Å². The van der Waals surface area contributed by atoms with Crippen LogP contribution in [0.4, 0.5) is 14.9 Å². The number of nitrogens with one attached hydrogen (secondary N) is 1. The van der Waals surface area contributed by atoms with Crippen LogP contribution in [0.2, 0.25) is 0 Å². The third-order valence-corrected chi connectivity index (χ3v) is 3.51. The van der Waals surface area contributed by atoms with E-state index in [-0.39, 0.29) is 6.09 Å². The average molecular weight is 251 g/mol. The lowest BCUT2D eigenvalue weighted by atomic mass is 9.92. The molecule has 2 aliphatic heterocycles. The highest BCUT2D eigenvalue weighted by Gasteiger charge is 2.46. The van der Waals surface area contributed by atoms with E-state index >= 15 is 0 Å². The number of piperidine rings is 1. The molecule has 2 fully saturated rings. The molecule has 0 saturated carbocycles. The van der Waals surface area contributed by atoms with Gasteiger partial charge in [0.1, 0.15) is 5.60 Å². The Hall–Kier alpha value is -1.69. The van der Waals surface area contributed by atoms with E-state index in [2.05, 4.69) is 10.3 Å². The molecule has 0 aromatic carbocycles. The third kappa shape index (κ3) is 1.92. The number of amides is 1. The number of anilines is 1. The Bertz CT molecular complexity index is 457. The molecular formula is C12H14FN3O2. The van der Waals surface area contributed by atoms with Crippen molar-refractivity contribution < 1.29 is 13.9 Å². The number of hydrogen-bond donors (Lipinski definition) is 1. The maximum Gasteiger partial charge on any atom is 0.415 e. The van der Waals surface area contributed by atoms with Crippen molar-refractivity contribution in [2.24, 2.45) is 0 Å². The Morgan fingerprint density at radius 3 is 2.83 bits per heavy atom. The molecule has 6 heteroatoms. The normalized spacial score (nSPS) is 22.3. The van der Waals surface area contributed by atoms with Gasteiger partial charge in [-0.2, -0.15) is 4.39 Å². The van der Waals surface area contributed by atoms with Crippen LogP contribution in [0.15, 0.2) is 18.3 Å². The number of hydrogen-bond acceptors (Lipinski definition) is 4. The number of carbonyl (C=O) groups is 1. The summed E-state index contributed by atoms with van der Waals surface area (Å²) >= 11 is 0. The predicted octanol–water partition coefficient (Wildman–Crippen LogP) is 1.30. The largest absolute Gasteiger partial charge is 0.441 e. The minimum Gasteiger partial charge on any atom is -0.441 e. The average Bonchev–Trinajstić information content (AvgIpc) is 2.68. The lowest BCUT2D eigenvalue weighted by Gasteiger charge is -2.31. The number of nitrogens with zero attached hydrogens (tertiary/aromatic N) is 2. The minimum atomic E-state index is -0.553. The molecule has 1 N–H and O–H groups in total. The highest BCUT2D eigenvalue weighted by molar-refractivity contribution is 5.90. The maximum absolute atomic E-state index is 12.8. The Morgan fingerprint density at radius 2 is 2.17 bits per heavy atom. The SMILES string of the molecule is O=C1OC2(CCNCC2)CN1c1ccc(F)nc1. The fourth-order valence-corrected chi connectivity index (χ4v) is 2.49. The van der Waals surface area contributed by atoms with E-state index in [9.17, 15) is 9.18 Å². The first-order chi connectivity index (χ1) is 8.69. The summed E-state index contributed by atoms with van der Waals surface area (Å²) in [6.07, 6.45) is 2.61. The summed E-state index contributed by atoms with van der Waals surface area (Å²) < 4.78 is 18.3. The van der Waals surface area contributed by atoms with Crippen molar-refractivity contribution in [1.82, 2.24) is 10.3 Å². The summed E-state index contributed by atoms with van der Waals surface area (Å²) in [6.45, 7) is 2.21. The fraction of sp³-hybridized carbons (Fsp3) is 0.500. The van der Waals surface area contributed by atoms with Crippen LogP contribution in [0, 0.1) is 5.95 Å². The molecule has 1 amide bonds. The van der Waals surface area contributed by atoms with Gasteiger partial charge in [-0.15, -0.1) is 0 Å². The Kier molecular flexibility index (Phi) is 2.66. The zero-order valence-electron chi connectivity index (χ0n) is 9.86. The van der Waals surface area contributed by atoms with Gasteiger partial charge in [0, 0.05) is 12.8 Å². The van der Waals surface area contributed by atoms with Gasteiger partial charge in [0.15, 0.2) is 0 Å². The van der Waals surface area contributed by atoms with Crippen LogP contribution >= 0.6 is 0 Å². The lowest BCUT2D eigenvalue weighted by molar-refractivity contribution is 0.0316. The Morgan fingerprint density at radius 1 is 1.39 bits per heavy atom. The van der Waals surface area contributed by atoms with Crippen LogP contribution in [0.3, 0.4) is 0 Å². The smallest absolute Gasteiger partial charge is 0.415 e. The molecule has 0 atom stereocenters. The molecule has 1 aromatic heterocycles. The second-order valence-corrected chi connectivity index (χ2v) is 4.73. The van der Waals surface area contributed by atoms with E-state index in [1.807, 2.05) is 0 Å². The van der Waals surface area contributed by atoms with Crippen molar-refractivity contribution in [3.63, 3.8) is 0 Å². The molecule has 0 radical (unpaired) electrons. The van der Waals surface area contributed by atoms with Crippen LogP contribution in [0.25, 0.3) is 0 Å². The van der Waals surface area contributed by atoms with E-state index in [0.29, 0.717) is 12.2 Å². The zero-order chi connectivity index (χ0) is 12.6. The molecule has 0 bridgehead atoms. The van der Waals surface area contributed by atoms with Gasteiger partial charge >= 0.3 is 6.09 Å². The molecule has 2 saturated heterocycles. The van der Waals surface area contributed by atoms with Crippen molar-refractivity contribution in [3.8, 4) is 0 Å². The van der Waals surface area contributed by atoms with E-state index in [0.717, 1.165) is 25.9 Å². The van der Waals surface area contributed by atoms with Crippen LogP contribution in [0.5, 0.6) is 0 Å². The van der Waals surface area contributed by atoms with Gasteiger partial charge < -0.3 is 10.1 Å². The third-order valence-electron chi connectivity index (χ3n) is 3.51. The number of pyridine rings is 1. The van der Waals surface area contributed by atoms with Gasteiger partial charge in [-0.25, -0.2) is 9.78 Å². The molecule has 96 valence electrons. The molecule has 2 aliphatic rings. The molecule has 1 aromatic rings. The number of aromatic nitrogens is 1. The highest BCUT2D eigenvalue weighted by atomic mass is 19.1. The first-order valence-electron chi connectivity index (χ1n) is 6.01. The monoisotopic (exact) mass is 251 g/mol. The van der Waals surface area contributed by atoms with Gasteiger partial charge in [-0.1, -0.05) is 0 Å². The van der Waals surface area contributed by atoms with Crippen LogP contribution < -0.4 is 10.2 Å². The number of carbonyl (C=O) groups excluding carboxylic acids is 1. The number of halogens is 1. The Balaban J connectivity index is 1.82. The van der Waals surface area contributed by atoms with Crippen molar-refractivity contribution in [2.75, 3.05) is 24.5 Å². The lowest BCUT2D eigenvalue weighted by Crippen LogP contribution is -2.44. The number of rotatable bonds is 1. The summed E-state index contributed by atoms with van der Waals surface area (Å²) in [5, 5.41) is 3.24. The van der Waals surface area contributed by atoms with Crippen LogP contribution in [-0.4, -0.2) is 36.3 Å². The first-order valence-corrected chi connectivity index (χ1v) is 6.01. The van der Waals surface area contributed by atoms with Crippen molar-refractivity contribution in [1.29, 1.82) is 0 Å². The molecule has 18 heavy (non-hydrogen) atoms. The van der Waals surface area contributed by atoms with E-state index in [1.54, 1.807) is 6.07 Å². The summed E-state index contributed by atoms with van der Waals surface area (Å²) in [5.41, 5.74) is 0.188. The van der Waals surface area contributed by atoms with E-state index < -0.39 is 11.5 Å². The first kappa shape index (κ1) is 11.4. The maximum atomic E-state index is 12.8. The predicted molar refractivity (Wildman–Crippen MR) is 62.9 cm³/mol. The van der Waals surface area contributed by atoms with E-state index in [1.165, 1.54) is 17.2 Å². The van der Waals surface area contributed by atoms with Gasteiger partial charge in [0.2, 0.25) is 5.95 Å². The molecule has 0 aliphatic carbocycles. The summed E-state index contributed by atoms with van der Waals surface area (Å²) in [4.78, 5) is 17.0. The summed E-state index contributed by atoms with van der Waals surface area (Å²) in [5.74, 6) is -0.553. The molecule has 1 spiro atoms. The second-order valence-electron chi connectivity index (χ2n) is 4.73. The van der Waals surface area contributed by atoms with Crippen molar-refractivity contribution in [2.45, 2.75) is 18.4 Å². The molecule has 5 nitrogen and oxygen atoms in total. The summed E-state index contributed by atoms with van der Waals surface area (Å²) in [7, 11) is 0. The fourth-order valence-electron chi connectivity index (χ4n) is 2.49. The standard InChI is InChI=1S/C12H14FN3O2/c13-10-2-1-9(7-15-10)16-8-12(18-11(16)17)3-5-14-6-4-12/h1-2,7,14H,3-6,8H2. The van der Waals surface area contributed by atoms with Crippen LogP contribution in [-0.2, 0) is 4.74 Å². The zero-order valence-corrected chi connectivity index (χ0v) is 9.86. The van der Waals surface area contributed by atoms with Crippen molar-refractivity contribution >= 4 is 11.8 Å². The minimum absolute atomic E-state index is 0.370. The molecule has 3 heterocycles. The summed E-state index contributed by atoms with van der Waals surface area (Å²) in [6, 6.07) is 2.79. The topological polar surface area (TPSA) is 54.5 Å².